The van der Waals surface area contributed by atoms with Gasteiger partial charge in [0.1, 0.15) is 0 Å². The third kappa shape index (κ3) is 6.51. The lowest BCUT2D eigenvalue weighted by atomic mass is 10.1. The van der Waals surface area contributed by atoms with Crippen LogP contribution in [0, 0.1) is 0 Å². The molecular formula is C17H20F6N4O2. The first kappa shape index (κ1) is 22.8. The van der Waals surface area contributed by atoms with Gasteiger partial charge < -0.3 is 15.5 Å². The highest BCUT2D eigenvalue weighted by Gasteiger charge is 2.37. The molecular weight excluding hydrogens is 406 g/mol. The molecule has 12 heteroatoms. The molecule has 6 nitrogen and oxygen atoms in total. The van der Waals surface area contributed by atoms with Crippen LogP contribution in [0.4, 0.5) is 36.8 Å². The molecule has 3 amide bonds. The first-order chi connectivity index (χ1) is 13.4. The third-order valence-electron chi connectivity index (χ3n) is 4.23. The lowest BCUT2D eigenvalue weighted by Gasteiger charge is -2.34. The Bertz CT molecular complexity index is 710. The maximum Gasteiger partial charge on any atom is 0.416 e. The van der Waals surface area contributed by atoms with E-state index in [-0.39, 0.29) is 18.6 Å². The van der Waals surface area contributed by atoms with Crippen molar-refractivity contribution in [3.05, 3.63) is 29.3 Å². The summed E-state index contributed by atoms with van der Waals surface area (Å²) in [4.78, 5) is 27.1. The Labute approximate surface area is 162 Å². The van der Waals surface area contributed by atoms with Gasteiger partial charge in [-0.1, -0.05) is 0 Å². The fraction of sp³-hybridized carbons (Fsp3) is 0.529. The Morgan fingerprint density at radius 2 is 1.45 bits per heavy atom. The smallest absolute Gasteiger partial charge is 0.338 e. The van der Waals surface area contributed by atoms with Gasteiger partial charge in [-0.2, -0.15) is 26.3 Å². The van der Waals surface area contributed by atoms with Crippen LogP contribution in [0.2, 0.25) is 0 Å². The van der Waals surface area contributed by atoms with Gasteiger partial charge in [-0.05, 0) is 25.1 Å². The number of carbonyl (C=O) groups excluding carboxylic acids is 2. The molecule has 0 radical (unpaired) electrons. The molecule has 0 bridgehead atoms. The van der Waals surface area contributed by atoms with Crippen molar-refractivity contribution in [2.45, 2.75) is 19.3 Å². The molecule has 2 N–H and O–H groups in total. The molecule has 1 aliphatic rings. The molecule has 0 saturated carbocycles. The summed E-state index contributed by atoms with van der Waals surface area (Å²) in [6.45, 7) is 3.42. The van der Waals surface area contributed by atoms with Gasteiger partial charge in [0.2, 0.25) is 5.91 Å². The molecule has 0 aliphatic carbocycles. The Kier molecular flexibility index (Phi) is 6.98. The van der Waals surface area contributed by atoms with Crippen LogP contribution in [0.25, 0.3) is 0 Å². The van der Waals surface area contributed by atoms with Crippen molar-refractivity contribution in [3.63, 3.8) is 0 Å². The van der Waals surface area contributed by atoms with Crippen LogP contribution in [0.5, 0.6) is 0 Å². The van der Waals surface area contributed by atoms with E-state index >= 15 is 0 Å². The summed E-state index contributed by atoms with van der Waals surface area (Å²) in [6, 6.07) is 0.677. The van der Waals surface area contributed by atoms with E-state index in [4.69, 9.17) is 0 Å². The minimum atomic E-state index is -4.99. The largest absolute Gasteiger partial charge is 0.416 e. The van der Waals surface area contributed by atoms with Gasteiger partial charge in [0.05, 0.1) is 17.7 Å². The molecule has 1 saturated heterocycles. The average Bonchev–Trinajstić information content (AvgIpc) is 2.60. The van der Waals surface area contributed by atoms with E-state index < -0.39 is 35.1 Å². The number of benzene rings is 1. The fourth-order valence-corrected chi connectivity index (χ4v) is 2.80. The van der Waals surface area contributed by atoms with Crippen LogP contribution in [-0.4, -0.2) is 61.0 Å². The Morgan fingerprint density at radius 1 is 0.931 bits per heavy atom. The molecule has 1 aromatic carbocycles. The monoisotopic (exact) mass is 426 g/mol. The number of piperazine rings is 1. The maximum absolute atomic E-state index is 12.9. The summed E-state index contributed by atoms with van der Waals surface area (Å²) in [5.74, 6) is -0.746. The second-order valence-electron chi connectivity index (χ2n) is 6.44. The number of amides is 3. The summed E-state index contributed by atoms with van der Waals surface area (Å²) in [7, 11) is 0. The number of halogens is 6. The zero-order valence-electron chi connectivity index (χ0n) is 15.5. The lowest BCUT2D eigenvalue weighted by molar-refractivity contribution is -0.143. The van der Waals surface area contributed by atoms with Crippen LogP contribution in [-0.2, 0) is 17.1 Å². The molecule has 1 heterocycles. The van der Waals surface area contributed by atoms with Crippen molar-refractivity contribution in [3.8, 4) is 0 Å². The van der Waals surface area contributed by atoms with E-state index in [1.807, 2.05) is 0 Å². The summed E-state index contributed by atoms with van der Waals surface area (Å²) in [5.41, 5.74) is -3.59. The Hall–Kier alpha value is -2.50. The van der Waals surface area contributed by atoms with Crippen molar-refractivity contribution >= 4 is 17.6 Å². The van der Waals surface area contributed by atoms with Crippen LogP contribution < -0.4 is 10.6 Å². The van der Waals surface area contributed by atoms with Crippen molar-refractivity contribution < 1.29 is 35.9 Å². The Balaban J connectivity index is 2.01. The molecule has 1 fully saturated rings. The van der Waals surface area contributed by atoms with Gasteiger partial charge in [-0.3, -0.25) is 9.69 Å². The molecule has 162 valence electrons. The molecule has 0 unspecified atom stereocenters. The van der Waals surface area contributed by atoms with E-state index in [0.717, 1.165) is 0 Å². The standard InChI is InChI=1S/C17H20F6N4O2/c1-2-24-15(29)27-5-3-26(4-6-27)10-14(28)25-13-8-11(16(18,19)20)7-12(9-13)17(21,22)23/h7-9H,2-6,10H2,1H3,(H,24,29)(H,25,28). The Morgan fingerprint density at radius 3 is 1.90 bits per heavy atom. The zero-order chi connectivity index (χ0) is 21.8. The number of hydrogen-bond donors (Lipinski definition) is 2. The second-order valence-corrected chi connectivity index (χ2v) is 6.44. The number of alkyl halides is 6. The summed E-state index contributed by atoms with van der Waals surface area (Å²) < 4.78 is 77.3. The van der Waals surface area contributed by atoms with E-state index in [0.29, 0.717) is 44.9 Å². The highest BCUT2D eigenvalue weighted by atomic mass is 19.4. The number of nitrogens with zero attached hydrogens (tertiary/aromatic N) is 2. The maximum atomic E-state index is 12.9. The van der Waals surface area contributed by atoms with Crippen molar-refractivity contribution in [2.24, 2.45) is 0 Å². The van der Waals surface area contributed by atoms with Crippen LogP contribution in [0.15, 0.2) is 18.2 Å². The van der Waals surface area contributed by atoms with Gasteiger partial charge in [-0.25, -0.2) is 4.79 Å². The predicted molar refractivity (Wildman–Crippen MR) is 92.2 cm³/mol. The molecule has 1 aromatic rings. The normalized spacial score (nSPS) is 15.9. The van der Waals surface area contributed by atoms with E-state index in [2.05, 4.69) is 10.6 Å². The first-order valence-corrected chi connectivity index (χ1v) is 8.74. The van der Waals surface area contributed by atoms with Gasteiger partial charge in [-0.15, -0.1) is 0 Å². The summed E-state index contributed by atoms with van der Waals surface area (Å²) in [5, 5.41) is 4.74. The molecule has 0 atom stereocenters. The van der Waals surface area contributed by atoms with Crippen LogP contribution in [0.3, 0.4) is 0 Å². The number of nitrogens with one attached hydrogen (secondary N) is 2. The topological polar surface area (TPSA) is 64.7 Å². The summed E-state index contributed by atoms with van der Waals surface area (Å²) in [6.07, 6.45) is -9.98. The number of urea groups is 1. The SMILES string of the molecule is CCNC(=O)N1CCN(CC(=O)Nc2cc(C(F)(F)F)cc(C(F)(F)F)c2)CC1. The highest BCUT2D eigenvalue weighted by Crippen LogP contribution is 2.37. The zero-order valence-corrected chi connectivity index (χ0v) is 15.5. The highest BCUT2D eigenvalue weighted by molar-refractivity contribution is 5.92. The van der Waals surface area contributed by atoms with Gasteiger partial charge in [0, 0.05) is 38.4 Å². The quantitative estimate of drug-likeness (QED) is 0.728. The number of anilines is 1. The predicted octanol–water partition coefficient (Wildman–Crippen LogP) is 3.01. The van der Waals surface area contributed by atoms with E-state index in [9.17, 15) is 35.9 Å². The van der Waals surface area contributed by atoms with Crippen LogP contribution >= 0.6 is 0 Å². The minimum Gasteiger partial charge on any atom is -0.338 e. The molecule has 1 aliphatic heterocycles. The average molecular weight is 426 g/mol. The van der Waals surface area contributed by atoms with Gasteiger partial charge in [0.15, 0.2) is 0 Å². The van der Waals surface area contributed by atoms with Crippen molar-refractivity contribution in [1.29, 1.82) is 0 Å². The molecule has 0 spiro atoms. The fourth-order valence-electron chi connectivity index (χ4n) is 2.80. The molecule has 29 heavy (non-hydrogen) atoms. The third-order valence-corrected chi connectivity index (χ3v) is 4.23. The van der Waals surface area contributed by atoms with Crippen molar-refractivity contribution in [2.75, 3.05) is 44.6 Å². The first-order valence-electron chi connectivity index (χ1n) is 8.74. The number of hydrogen-bond acceptors (Lipinski definition) is 3. The second kappa shape index (κ2) is 8.89. The molecule has 0 aromatic heterocycles. The van der Waals surface area contributed by atoms with E-state index in [1.165, 1.54) is 0 Å². The van der Waals surface area contributed by atoms with Gasteiger partial charge in [0.25, 0.3) is 0 Å². The summed E-state index contributed by atoms with van der Waals surface area (Å²) >= 11 is 0. The minimum absolute atomic E-state index is 0.00374. The van der Waals surface area contributed by atoms with Crippen LogP contribution in [0.1, 0.15) is 18.1 Å². The van der Waals surface area contributed by atoms with Gasteiger partial charge >= 0.3 is 18.4 Å². The van der Waals surface area contributed by atoms with Crippen molar-refractivity contribution in [1.82, 2.24) is 15.1 Å². The number of carbonyl (C=O) groups is 2. The number of rotatable bonds is 4. The van der Waals surface area contributed by atoms with E-state index in [1.54, 1.807) is 16.7 Å². The molecule has 2 rings (SSSR count). The lowest BCUT2D eigenvalue weighted by Crippen LogP contribution is -2.53.